The van der Waals surface area contributed by atoms with Gasteiger partial charge >= 0.3 is 0 Å². The zero-order valence-corrected chi connectivity index (χ0v) is 15.2. The maximum absolute atomic E-state index is 13.3. The Labute approximate surface area is 155 Å². The smallest absolute Gasteiger partial charge is 0.221 e. The molecule has 2 N–H and O–H groups in total. The third-order valence-electron chi connectivity index (χ3n) is 5.34. The molecule has 1 fully saturated rings. The van der Waals surface area contributed by atoms with E-state index in [0.29, 0.717) is 18.3 Å². The van der Waals surface area contributed by atoms with E-state index in [1.165, 1.54) is 12.1 Å². The minimum absolute atomic E-state index is 0.0502. The van der Waals surface area contributed by atoms with Crippen LogP contribution < -0.4 is 10.6 Å². The van der Waals surface area contributed by atoms with Gasteiger partial charge in [-0.15, -0.1) is 0 Å². The molecule has 1 aliphatic heterocycles. The highest BCUT2D eigenvalue weighted by Crippen LogP contribution is 2.26. The Hall–Kier alpha value is -2.20. The van der Waals surface area contributed by atoms with Crippen LogP contribution in [0.4, 0.5) is 4.39 Å². The molecule has 1 amide bonds. The van der Waals surface area contributed by atoms with Crippen molar-refractivity contribution in [3.05, 3.63) is 71.5 Å². The standard InChI is InChI=1S/C22H27FN2O/c1-16(17-11-13-24-14-12-17)15-21(26)25-22(18-5-3-2-4-6-18)19-7-9-20(23)10-8-19/h2-10,16-17,22,24H,11-15H2,1H3,(H,25,26). The van der Waals surface area contributed by atoms with Gasteiger partial charge < -0.3 is 10.6 Å². The summed E-state index contributed by atoms with van der Waals surface area (Å²) in [4.78, 5) is 12.7. The molecular weight excluding hydrogens is 327 g/mol. The van der Waals surface area contributed by atoms with Gasteiger partial charge in [-0.2, -0.15) is 0 Å². The molecule has 138 valence electrons. The molecule has 26 heavy (non-hydrogen) atoms. The summed E-state index contributed by atoms with van der Waals surface area (Å²) in [7, 11) is 0. The van der Waals surface area contributed by atoms with Crippen molar-refractivity contribution in [2.75, 3.05) is 13.1 Å². The van der Waals surface area contributed by atoms with Gasteiger partial charge in [-0.25, -0.2) is 4.39 Å². The Bertz CT molecular complexity index is 696. The van der Waals surface area contributed by atoms with Crippen LogP contribution in [-0.2, 0) is 4.79 Å². The van der Waals surface area contributed by atoms with E-state index in [-0.39, 0.29) is 17.8 Å². The molecule has 1 saturated heterocycles. The monoisotopic (exact) mass is 354 g/mol. The Balaban J connectivity index is 1.70. The van der Waals surface area contributed by atoms with E-state index in [1.54, 1.807) is 12.1 Å². The van der Waals surface area contributed by atoms with Crippen molar-refractivity contribution in [3.8, 4) is 0 Å². The van der Waals surface area contributed by atoms with Gasteiger partial charge in [0.1, 0.15) is 5.82 Å². The van der Waals surface area contributed by atoms with E-state index < -0.39 is 0 Å². The molecular formula is C22H27FN2O. The normalized spacial score (nSPS) is 17.5. The van der Waals surface area contributed by atoms with Crippen LogP contribution in [0, 0.1) is 17.7 Å². The van der Waals surface area contributed by atoms with Crippen LogP contribution in [0.3, 0.4) is 0 Å². The van der Waals surface area contributed by atoms with Crippen LogP contribution in [-0.4, -0.2) is 19.0 Å². The van der Waals surface area contributed by atoms with Crippen LogP contribution in [0.1, 0.15) is 43.4 Å². The van der Waals surface area contributed by atoms with Crippen molar-refractivity contribution in [2.45, 2.75) is 32.2 Å². The Morgan fingerprint density at radius 1 is 1.08 bits per heavy atom. The molecule has 1 aliphatic rings. The van der Waals surface area contributed by atoms with Crippen molar-refractivity contribution in [1.82, 2.24) is 10.6 Å². The van der Waals surface area contributed by atoms with Crippen molar-refractivity contribution < 1.29 is 9.18 Å². The lowest BCUT2D eigenvalue weighted by Gasteiger charge is -2.28. The molecule has 2 atom stereocenters. The first-order valence-corrected chi connectivity index (χ1v) is 9.44. The van der Waals surface area contributed by atoms with Gasteiger partial charge in [-0.1, -0.05) is 49.4 Å². The summed E-state index contributed by atoms with van der Waals surface area (Å²) in [5.74, 6) is 0.741. The second kappa shape index (κ2) is 8.95. The largest absolute Gasteiger partial charge is 0.345 e. The van der Waals surface area contributed by atoms with E-state index in [9.17, 15) is 9.18 Å². The fraction of sp³-hybridized carbons (Fsp3) is 0.409. The number of nitrogens with one attached hydrogen (secondary N) is 2. The summed E-state index contributed by atoms with van der Waals surface area (Å²) in [5.41, 5.74) is 1.89. The molecule has 1 heterocycles. The SMILES string of the molecule is CC(CC(=O)NC(c1ccccc1)c1ccc(F)cc1)C1CCNCC1. The highest BCUT2D eigenvalue weighted by atomic mass is 19.1. The third kappa shape index (κ3) is 4.92. The van der Waals surface area contributed by atoms with Crippen LogP contribution in [0.5, 0.6) is 0 Å². The summed E-state index contributed by atoms with van der Waals surface area (Å²) in [6.07, 6.45) is 2.79. The third-order valence-corrected chi connectivity index (χ3v) is 5.34. The van der Waals surface area contributed by atoms with Crippen molar-refractivity contribution >= 4 is 5.91 Å². The molecule has 2 aromatic rings. The van der Waals surface area contributed by atoms with Gasteiger partial charge in [-0.05, 0) is 61.0 Å². The average Bonchev–Trinajstić information content (AvgIpc) is 2.68. The van der Waals surface area contributed by atoms with Crippen molar-refractivity contribution in [1.29, 1.82) is 0 Å². The molecule has 3 rings (SSSR count). The molecule has 0 aliphatic carbocycles. The fourth-order valence-corrected chi connectivity index (χ4v) is 3.75. The number of rotatable bonds is 6. The minimum Gasteiger partial charge on any atom is -0.345 e. The van der Waals surface area contributed by atoms with Crippen LogP contribution in [0.15, 0.2) is 54.6 Å². The number of benzene rings is 2. The molecule has 0 saturated carbocycles. The molecule has 0 spiro atoms. The lowest BCUT2D eigenvalue weighted by atomic mass is 9.84. The van der Waals surface area contributed by atoms with Crippen LogP contribution in [0.25, 0.3) is 0 Å². The van der Waals surface area contributed by atoms with Gasteiger partial charge in [0, 0.05) is 6.42 Å². The zero-order chi connectivity index (χ0) is 18.4. The maximum Gasteiger partial charge on any atom is 0.221 e. The molecule has 2 aromatic carbocycles. The van der Waals surface area contributed by atoms with E-state index in [1.807, 2.05) is 30.3 Å². The summed E-state index contributed by atoms with van der Waals surface area (Å²) < 4.78 is 13.3. The van der Waals surface area contributed by atoms with Gasteiger partial charge in [-0.3, -0.25) is 4.79 Å². The average molecular weight is 354 g/mol. The Morgan fingerprint density at radius 3 is 2.35 bits per heavy atom. The summed E-state index contributed by atoms with van der Waals surface area (Å²) >= 11 is 0. The molecule has 4 heteroatoms. The summed E-state index contributed by atoms with van der Waals surface area (Å²) in [5, 5.41) is 6.53. The fourth-order valence-electron chi connectivity index (χ4n) is 3.75. The Morgan fingerprint density at radius 2 is 1.69 bits per heavy atom. The Kier molecular flexibility index (Phi) is 6.40. The first-order chi connectivity index (χ1) is 12.6. The topological polar surface area (TPSA) is 41.1 Å². The van der Waals surface area contributed by atoms with Gasteiger partial charge in [0.05, 0.1) is 6.04 Å². The number of halogens is 1. The summed E-state index contributed by atoms with van der Waals surface area (Å²) in [6, 6.07) is 15.9. The van der Waals surface area contributed by atoms with Gasteiger partial charge in [0.2, 0.25) is 5.91 Å². The minimum atomic E-state index is -0.272. The van der Waals surface area contributed by atoms with Crippen molar-refractivity contribution in [2.24, 2.45) is 11.8 Å². The van der Waals surface area contributed by atoms with E-state index >= 15 is 0 Å². The van der Waals surface area contributed by atoms with Gasteiger partial charge in [0.25, 0.3) is 0 Å². The number of carbonyl (C=O) groups excluding carboxylic acids is 1. The quantitative estimate of drug-likeness (QED) is 0.821. The number of piperidine rings is 1. The maximum atomic E-state index is 13.3. The highest BCUT2D eigenvalue weighted by Gasteiger charge is 2.24. The summed E-state index contributed by atoms with van der Waals surface area (Å²) in [6.45, 7) is 4.25. The second-order valence-corrected chi connectivity index (χ2v) is 7.23. The van der Waals surface area contributed by atoms with Crippen LogP contribution >= 0.6 is 0 Å². The number of carbonyl (C=O) groups is 1. The second-order valence-electron chi connectivity index (χ2n) is 7.23. The lowest BCUT2D eigenvalue weighted by Crippen LogP contribution is -2.35. The van der Waals surface area contributed by atoms with Crippen molar-refractivity contribution in [3.63, 3.8) is 0 Å². The molecule has 0 bridgehead atoms. The van der Waals surface area contributed by atoms with E-state index in [0.717, 1.165) is 37.1 Å². The lowest BCUT2D eigenvalue weighted by molar-refractivity contribution is -0.122. The first kappa shape index (κ1) is 18.6. The number of amides is 1. The molecule has 2 unspecified atom stereocenters. The predicted octanol–water partition coefficient (Wildman–Crippen LogP) is 4.06. The first-order valence-electron chi connectivity index (χ1n) is 9.44. The number of hydrogen-bond acceptors (Lipinski definition) is 2. The zero-order valence-electron chi connectivity index (χ0n) is 15.2. The molecule has 3 nitrogen and oxygen atoms in total. The molecule has 0 aromatic heterocycles. The van der Waals surface area contributed by atoms with Gasteiger partial charge in [0.15, 0.2) is 0 Å². The molecule has 0 radical (unpaired) electrons. The van der Waals surface area contributed by atoms with E-state index in [4.69, 9.17) is 0 Å². The highest BCUT2D eigenvalue weighted by molar-refractivity contribution is 5.77. The van der Waals surface area contributed by atoms with Crippen LogP contribution in [0.2, 0.25) is 0 Å². The van der Waals surface area contributed by atoms with E-state index in [2.05, 4.69) is 17.6 Å². The predicted molar refractivity (Wildman–Crippen MR) is 102 cm³/mol. The number of hydrogen-bond donors (Lipinski definition) is 2.